The number of rotatable bonds is 7. The third-order valence-corrected chi connectivity index (χ3v) is 5.55. The van der Waals surface area contributed by atoms with Gasteiger partial charge in [0.2, 0.25) is 0 Å². The van der Waals surface area contributed by atoms with Crippen LogP contribution in [0, 0.1) is 5.92 Å². The molecule has 0 radical (unpaired) electrons. The predicted molar refractivity (Wildman–Crippen MR) is 89.9 cm³/mol. The van der Waals surface area contributed by atoms with Crippen LogP contribution in [-0.2, 0) is 20.4 Å². The lowest BCUT2D eigenvalue weighted by atomic mass is 9.89. The summed E-state index contributed by atoms with van der Waals surface area (Å²) in [6, 6.07) is 18.0. The molecule has 0 saturated carbocycles. The first kappa shape index (κ1) is 17.2. The van der Waals surface area contributed by atoms with Crippen LogP contribution in [0.15, 0.2) is 60.7 Å². The fraction of sp³-hybridized carbons (Fsp3) is 0.278. The van der Waals surface area contributed by atoms with E-state index in [2.05, 4.69) is 0 Å². The number of benzene rings is 2. The fourth-order valence-electron chi connectivity index (χ4n) is 2.58. The molecule has 0 spiro atoms. The molecular formula is C18H20O4S. The Bertz CT molecular complexity index is 739. The summed E-state index contributed by atoms with van der Waals surface area (Å²) in [5, 5.41) is 9.47. The molecule has 23 heavy (non-hydrogen) atoms. The van der Waals surface area contributed by atoms with Gasteiger partial charge in [-0.1, -0.05) is 67.6 Å². The molecule has 0 unspecified atom stereocenters. The lowest BCUT2D eigenvalue weighted by Crippen LogP contribution is -2.29. The van der Waals surface area contributed by atoms with E-state index in [1.54, 1.807) is 31.2 Å². The number of hydrogen-bond donors (Lipinski definition) is 1. The van der Waals surface area contributed by atoms with Gasteiger partial charge in [0.1, 0.15) is 0 Å². The first-order valence-corrected chi connectivity index (χ1v) is 9.23. The second kappa shape index (κ2) is 7.42. The van der Waals surface area contributed by atoms with Gasteiger partial charge >= 0.3 is 5.97 Å². The standard InChI is InChI=1S/C18H20O4S/c1-14(16-10-6-3-7-11-16)17(18(19)20)13-23(21,22)12-15-8-4-2-5-9-15/h2-11,14,17H,12-13H2,1H3,(H,19,20)/t14-,17-/m0/s1. The normalized spacial score (nSPS) is 14.1. The van der Waals surface area contributed by atoms with Gasteiger partial charge in [-0.25, -0.2) is 8.42 Å². The van der Waals surface area contributed by atoms with Crippen molar-refractivity contribution in [2.24, 2.45) is 5.92 Å². The van der Waals surface area contributed by atoms with Crippen LogP contribution in [0.3, 0.4) is 0 Å². The Kier molecular flexibility index (Phi) is 5.55. The maximum absolute atomic E-state index is 12.4. The van der Waals surface area contributed by atoms with Crippen LogP contribution in [0.5, 0.6) is 0 Å². The molecule has 2 rings (SSSR count). The van der Waals surface area contributed by atoms with E-state index in [1.807, 2.05) is 36.4 Å². The highest BCUT2D eigenvalue weighted by atomic mass is 32.2. The predicted octanol–water partition coefficient (Wildman–Crippen LogP) is 3.11. The number of carbonyl (C=O) groups is 1. The van der Waals surface area contributed by atoms with Gasteiger partial charge in [0, 0.05) is 0 Å². The molecular weight excluding hydrogens is 312 g/mol. The monoisotopic (exact) mass is 332 g/mol. The summed E-state index contributed by atoms with van der Waals surface area (Å²) < 4.78 is 24.8. The molecule has 2 atom stereocenters. The van der Waals surface area contributed by atoms with Gasteiger partial charge in [0.25, 0.3) is 0 Å². The summed E-state index contributed by atoms with van der Waals surface area (Å²) >= 11 is 0. The van der Waals surface area contributed by atoms with Crippen molar-refractivity contribution in [1.29, 1.82) is 0 Å². The maximum atomic E-state index is 12.4. The number of hydrogen-bond acceptors (Lipinski definition) is 3. The zero-order chi connectivity index (χ0) is 16.9. The topological polar surface area (TPSA) is 71.4 Å². The van der Waals surface area contributed by atoms with E-state index in [0.29, 0.717) is 5.56 Å². The second-order valence-electron chi connectivity index (χ2n) is 5.68. The highest BCUT2D eigenvalue weighted by molar-refractivity contribution is 7.90. The molecule has 0 fully saturated rings. The highest BCUT2D eigenvalue weighted by Crippen LogP contribution is 2.26. The van der Waals surface area contributed by atoms with E-state index < -0.39 is 21.7 Å². The van der Waals surface area contributed by atoms with E-state index in [4.69, 9.17) is 0 Å². The lowest BCUT2D eigenvalue weighted by molar-refractivity contribution is -0.141. The van der Waals surface area contributed by atoms with E-state index in [9.17, 15) is 18.3 Å². The van der Waals surface area contributed by atoms with Gasteiger partial charge in [-0.05, 0) is 17.0 Å². The average Bonchev–Trinajstić information content (AvgIpc) is 2.53. The fourth-order valence-corrected chi connectivity index (χ4v) is 4.38. The molecule has 0 bridgehead atoms. The van der Waals surface area contributed by atoms with Crippen molar-refractivity contribution in [3.63, 3.8) is 0 Å². The van der Waals surface area contributed by atoms with Crippen molar-refractivity contribution in [2.45, 2.75) is 18.6 Å². The summed E-state index contributed by atoms with van der Waals surface area (Å²) in [5.74, 6) is -2.93. The molecule has 5 heteroatoms. The van der Waals surface area contributed by atoms with Crippen molar-refractivity contribution in [2.75, 3.05) is 5.75 Å². The van der Waals surface area contributed by atoms with Crippen molar-refractivity contribution in [3.05, 3.63) is 71.8 Å². The molecule has 0 aromatic heterocycles. The third kappa shape index (κ3) is 4.93. The van der Waals surface area contributed by atoms with Crippen LogP contribution < -0.4 is 0 Å². The maximum Gasteiger partial charge on any atom is 0.308 e. The number of aliphatic carboxylic acids is 1. The molecule has 0 aliphatic heterocycles. The molecule has 0 aliphatic carbocycles. The Morgan fingerprint density at radius 1 is 1.00 bits per heavy atom. The number of carboxylic acids is 1. The summed E-state index contributed by atoms with van der Waals surface area (Å²) in [6.07, 6.45) is 0. The van der Waals surface area contributed by atoms with Gasteiger partial charge in [-0.15, -0.1) is 0 Å². The summed E-state index contributed by atoms with van der Waals surface area (Å²) in [4.78, 5) is 11.6. The Morgan fingerprint density at radius 2 is 1.52 bits per heavy atom. The molecule has 2 aromatic rings. The lowest BCUT2D eigenvalue weighted by Gasteiger charge is -2.20. The minimum atomic E-state index is -3.51. The van der Waals surface area contributed by atoms with Crippen molar-refractivity contribution < 1.29 is 18.3 Å². The smallest absolute Gasteiger partial charge is 0.308 e. The van der Waals surface area contributed by atoms with Crippen LogP contribution in [0.2, 0.25) is 0 Å². The van der Waals surface area contributed by atoms with Gasteiger partial charge in [0.05, 0.1) is 17.4 Å². The van der Waals surface area contributed by atoms with E-state index in [-0.39, 0.29) is 17.4 Å². The quantitative estimate of drug-likeness (QED) is 0.845. The molecule has 0 heterocycles. The summed E-state index contributed by atoms with van der Waals surface area (Å²) in [5.41, 5.74) is 1.50. The van der Waals surface area contributed by atoms with E-state index in [1.165, 1.54) is 0 Å². The molecule has 1 N–H and O–H groups in total. The van der Waals surface area contributed by atoms with Gasteiger partial charge < -0.3 is 5.11 Å². The van der Waals surface area contributed by atoms with Gasteiger partial charge in [-0.3, -0.25) is 4.79 Å². The van der Waals surface area contributed by atoms with Gasteiger partial charge in [-0.2, -0.15) is 0 Å². The molecule has 122 valence electrons. The van der Waals surface area contributed by atoms with Crippen molar-refractivity contribution in [1.82, 2.24) is 0 Å². The Balaban J connectivity index is 2.17. The van der Waals surface area contributed by atoms with Crippen LogP contribution >= 0.6 is 0 Å². The second-order valence-corrected chi connectivity index (χ2v) is 7.79. The van der Waals surface area contributed by atoms with Crippen LogP contribution in [-0.4, -0.2) is 25.2 Å². The molecule has 0 aliphatic rings. The average molecular weight is 332 g/mol. The van der Waals surface area contributed by atoms with Crippen LogP contribution in [0.4, 0.5) is 0 Å². The minimum absolute atomic E-state index is 0.140. The number of sulfone groups is 1. The Morgan fingerprint density at radius 3 is 2.04 bits per heavy atom. The van der Waals surface area contributed by atoms with E-state index >= 15 is 0 Å². The Labute approximate surface area is 136 Å². The zero-order valence-corrected chi connectivity index (χ0v) is 13.7. The van der Waals surface area contributed by atoms with Crippen LogP contribution in [0.25, 0.3) is 0 Å². The SMILES string of the molecule is C[C@@H](c1ccccc1)[C@H](CS(=O)(=O)Cc1ccccc1)C(=O)O. The first-order valence-electron chi connectivity index (χ1n) is 7.41. The zero-order valence-electron chi connectivity index (χ0n) is 12.9. The molecule has 2 aromatic carbocycles. The largest absolute Gasteiger partial charge is 0.481 e. The highest BCUT2D eigenvalue weighted by Gasteiger charge is 2.31. The van der Waals surface area contributed by atoms with E-state index in [0.717, 1.165) is 5.56 Å². The molecule has 0 saturated heterocycles. The van der Waals surface area contributed by atoms with Gasteiger partial charge in [0.15, 0.2) is 9.84 Å². The third-order valence-electron chi connectivity index (χ3n) is 3.91. The summed E-state index contributed by atoms with van der Waals surface area (Å²) in [7, 11) is -3.51. The number of carboxylic acid groups (broad SMARTS) is 1. The summed E-state index contributed by atoms with van der Waals surface area (Å²) in [6.45, 7) is 1.76. The first-order chi connectivity index (χ1) is 10.9. The van der Waals surface area contributed by atoms with Crippen molar-refractivity contribution in [3.8, 4) is 0 Å². The molecule has 0 amide bonds. The van der Waals surface area contributed by atoms with Crippen molar-refractivity contribution >= 4 is 15.8 Å². The minimum Gasteiger partial charge on any atom is -0.481 e. The molecule has 4 nitrogen and oxygen atoms in total. The van der Waals surface area contributed by atoms with Crippen LogP contribution in [0.1, 0.15) is 24.0 Å². The Hall–Kier alpha value is -2.14.